The maximum Gasteiger partial charge on any atom is 0.135 e. The lowest BCUT2D eigenvalue weighted by Gasteiger charge is -2.06. The van der Waals surface area contributed by atoms with Gasteiger partial charge in [-0.25, -0.2) is 4.98 Å². The second kappa shape index (κ2) is 4.21. The maximum atomic E-state index is 9.21. The van der Waals surface area contributed by atoms with Crippen LogP contribution in [0.4, 0.5) is 0 Å². The number of hydrogen-bond donors (Lipinski definition) is 1. The standard InChI is InChI=1S/C11H13ClN2O/c1-2-6-14-10(7-15)13-9-5-3-4-8(12)11(9)14/h3-5,15H,2,6-7H2,1H3. The molecule has 2 aromatic rings. The van der Waals surface area contributed by atoms with Gasteiger partial charge in [0.25, 0.3) is 0 Å². The number of para-hydroxylation sites is 1. The molecule has 0 atom stereocenters. The number of rotatable bonds is 3. The van der Waals surface area contributed by atoms with Crippen molar-refractivity contribution < 1.29 is 5.11 Å². The molecule has 1 aromatic carbocycles. The van der Waals surface area contributed by atoms with Crippen LogP contribution < -0.4 is 0 Å². The monoisotopic (exact) mass is 224 g/mol. The van der Waals surface area contributed by atoms with Gasteiger partial charge in [0.2, 0.25) is 0 Å². The van der Waals surface area contributed by atoms with Gasteiger partial charge >= 0.3 is 0 Å². The topological polar surface area (TPSA) is 38.0 Å². The first-order valence-electron chi connectivity index (χ1n) is 5.02. The zero-order valence-electron chi connectivity index (χ0n) is 8.57. The number of aliphatic hydroxyl groups is 1. The molecule has 0 amide bonds. The summed E-state index contributed by atoms with van der Waals surface area (Å²) in [6.45, 7) is 2.87. The highest BCUT2D eigenvalue weighted by Gasteiger charge is 2.11. The molecule has 0 fully saturated rings. The van der Waals surface area contributed by atoms with Gasteiger partial charge in [-0.05, 0) is 18.6 Å². The molecule has 0 saturated heterocycles. The van der Waals surface area contributed by atoms with E-state index in [1.165, 1.54) is 0 Å². The highest BCUT2D eigenvalue weighted by molar-refractivity contribution is 6.35. The van der Waals surface area contributed by atoms with E-state index in [0.717, 1.165) is 24.0 Å². The van der Waals surface area contributed by atoms with Gasteiger partial charge in [-0.2, -0.15) is 0 Å². The van der Waals surface area contributed by atoms with E-state index in [2.05, 4.69) is 11.9 Å². The third-order valence-electron chi connectivity index (χ3n) is 2.39. The molecule has 2 rings (SSSR count). The van der Waals surface area contributed by atoms with Crippen LogP contribution in [-0.2, 0) is 13.2 Å². The average Bonchev–Trinajstić information content (AvgIpc) is 2.58. The number of aliphatic hydroxyl groups excluding tert-OH is 1. The van der Waals surface area contributed by atoms with Crippen LogP contribution in [0.5, 0.6) is 0 Å². The Labute approximate surface area is 93.3 Å². The number of aromatic nitrogens is 2. The molecule has 0 aliphatic rings. The first-order chi connectivity index (χ1) is 7.27. The van der Waals surface area contributed by atoms with Crippen molar-refractivity contribution in [2.75, 3.05) is 0 Å². The second-order valence-electron chi connectivity index (χ2n) is 3.45. The minimum Gasteiger partial charge on any atom is -0.388 e. The quantitative estimate of drug-likeness (QED) is 0.870. The van der Waals surface area contributed by atoms with Crippen molar-refractivity contribution in [2.24, 2.45) is 0 Å². The molecular formula is C11H13ClN2O. The highest BCUT2D eigenvalue weighted by atomic mass is 35.5. The lowest BCUT2D eigenvalue weighted by Crippen LogP contribution is -2.03. The predicted molar refractivity (Wildman–Crippen MR) is 61.0 cm³/mol. The number of imidazole rings is 1. The molecule has 15 heavy (non-hydrogen) atoms. The van der Waals surface area contributed by atoms with Crippen molar-refractivity contribution >= 4 is 22.6 Å². The molecule has 0 aliphatic carbocycles. The van der Waals surface area contributed by atoms with Gasteiger partial charge in [-0.3, -0.25) is 0 Å². The molecule has 1 N–H and O–H groups in total. The Kier molecular flexibility index (Phi) is 2.93. The summed E-state index contributed by atoms with van der Waals surface area (Å²) in [5.41, 5.74) is 1.77. The zero-order valence-corrected chi connectivity index (χ0v) is 9.33. The third kappa shape index (κ3) is 1.73. The minimum absolute atomic E-state index is 0.0506. The summed E-state index contributed by atoms with van der Waals surface area (Å²) >= 11 is 6.13. The van der Waals surface area contributed by atoms with Gasteiger partial charge in [0, 0.05) is 6.54 Å². The van der Waals surface area contributed by atoms with E-state index in [1.54, 1.807) is 0 Å². The molecule has 0 bridgehead atoms. The van der Waals surface area contributed by atoms with Crippen molar-refractivity contribution in [2.45, 2.75) is 26.5 Å². The lowest BCUT2D eigenvalue weighted by molar-refractivity contribution is 0.265. The van der Waals surface area contributed by atoms with Crippen molar-refractivity contribution in [1.82, 2.24) is 9.55 Å². The molecule has 4 heteroatoms. The molecular weight excluding hydrogens is 212 g/mol. The minimum atomic E-state index is -0.0506. The zero-order chi connectivity index (χ0) is 10.8. The van der Waals surface area contributed by atoms with Gasteiger partial charge in [0.05, 0.1) is 16.1 Å². The van der Waals surface area contributed by atoms with E-state index >= 15 is 0 Å². The van der Waals surface area contributed by atoms with E-state index in [4.69, 9.17) is 11.6 Å². The Morgan fingerprint density at radius 1 is 1.47 bits per heavy atom. The summed E-state index contributed by atoms with van der Waals surface area (Å²) in [4.78, 5) is 4.34. The van der Waals surface area contributed by atoms with Crippen molar-refractivity contribution in [3.63, 3.8) is 0 Å². The van der Waals surface area contributed by atoms with Crippen LogP contribution in [0.15, 0.2) is 18.2 Å². The molecule has 0 aliphatic heterocycles. The van der Waals surface area contributed by atoms with Crippen molar-refractivity contribution in [1.29, 1.82) is 0 Å². The summed E-state index contributed by atoms with van der Waals surface area (Å²) in [6.07, 6.45) is 0.990. The van der Waals surface area contributed by atoms with Gasteiger partial charge in [-0.1, -0.05) is 24.6 Å². The number of benzene rings is 1. The number of aryl methyl sites for hydroxylation is 1. The summed E-state index contributed by atoms with van der Waals surface area (Å²) in [5.74, 6) is 0.681. The maximum absolute atomic E-state index is 9.21. The van der Waals surface area contributed by atoms with Crippen LogP contribution in [0.1, 0.15) is 19.2 Å². The van der Waals surface area contributed by atoms with Crippen LogP contribution in [0.3, 0.4) is 0 Å². The fourth-order valence-corrected chi connectivity index (χ4v) is 2.05. The van der Waals surface area contributed by atoms with E-state index in [1.807, 2.05) is 22.8 Å². The fourth-order valence-electron chi connectivity index (χ4n) is 1.78. The van der Waals surface area contributed by atoms with Crippen molar-refractivity contribution in [3.8, 4) is 0 Å². The van der Waals surface area contributed by atoms with E-state index in [0.29, 0.717) is 10.8 Å². The Balaban J connectivity index is 2.70. The average molecular weight is 225 g/mol. The second-order valence-corrected chi connectivity index (χ2v) is 3.85. The first kappa shape index (κ1) is 10.5. The van der Waals surface area contributed by atoms with Gasteiger partial charge in [0.1, 0.15) is 12.4 Å². The summed E-state index contributed by atoms with van der Waals surface area (Å²) in [7, 11) is 0. The largest absolute Gasteiger partial charge is 0.388 e. The molecule has 3 nitrogen and oxygen atoms in total. The molecule has 1 aromatic heterocycles. The van der Waals surface area contributed by atoms with Gasteiger partial charge in [-0.15, -0.1) is 0 Å². The molecule has 0 spiro atoms. The summed E-state index contributed by atoms with van der Waals surface area (Å²) < 4.78 is 1.98. The molecule has 1 heterocycles. The Morgan fingerprint density at radius 3 is 2.93 bits per heavy atom. The highest BCUT2D eigenvalue weighted by Crippen LogP contribution is 2.24. The lowest BCUT2D eigenvalue weighted by atomic mass is 10.3. The third-order valence-corrected chi connectivity index (χ3v) is 2.69. The van der Waals surface area contributed by atoms with Crippen LogP contribution in [0.2, 0.25) is 5.02 Å². The first-order valence-corrected chi connectivity index (χ1v) is 5.40. The van der Waals surface area contributed by atoms with Gasteiger partial charge in [0.15, 0.2) is 0 Å². The normalized spacial score (nSPS) is 11.1. The van der Waals surface area contributed by atoms with Crippen LogP contribution in [-0.4, -0.2) is 14.7 Å². The fraction of sp³-hybridized carbons (Fsp3) is 0.364. The summed E-state index contributed by atoms with van der Waals surface area (Å²) in [6, 6.07) is 5.63. The van der Waals surface area contributed by atoms with E-state index < -0.39 is 0 Å². The predicted octanol–water partition coefficient (Wildman–Crippen LogP) is 2.59. The number of nitrogens with zero attached hydrogens (tertiary/aromatic N) is 2. The van der Waals surface area contributed by atoms with Crippen molar-refractivity contribution in [3.05, 3.63) is 29.0 Å². The van der Waals surface area contributed by atoms with Crippen LogP contribution in [0, 0.1) is 0 Å². The Morgan fingerprint density at radius 2 is 2.27 bits per heavy atom. The SMILES string of the molecule is CCCn1c(CO)nc2cccc(Cl)c21. The molecule has 0 radical (unpaired) electrons. The van der Waals surface area contributed by atoms with E-state index in [-0.39, 0.29) is 6.61 Å². The number of hydrogen-bond acceptors (Lipinski definition) is 2. The van der Waals surface area contributed by atoms with Gasteiger partial charge < -0.3 is 9.67 Å². The van der Waals surface area contributed by atoms with E-state index in [9.17, 15) is 5.11 Å². The Bertz CT molecular complexity index is 479. The smallest absolute Gasteiger partial charge is 0.135 e. The number of halogens is 1. The number of fused-ring (bicyclic) bond motifs is 1. The Hall–Kier alpha value is -1.06. The molecule has 80 valence electrons. The molecule has 0 saturated carbocycles. The van der Waals surface area contributed by atoms with Crippen LogP contribution >= 0.6 is 11.6 Å². The van der Waals surface area contributed by atoms with Crippen LogP contribution in [0.25, 0.3) is 11.0 Å². The molecule has 0 unspecified atom stereocenters. The summed E-state index contributed by atoms with van der Waals surface area (Å²) in [5, 5.41) is 9.90.